The standard InChI is InChI=1S/C29H38N4O4/c1-21-20-37-25-12-6-5-11-23(25)26(34)31-16-8-7-13-29(28(36)32-21)14-17-33(18-15-29)27(35)24(30)19-22-9-3-2-4-10-22/h2-6,9-12,21,24H,7-8,13-20,30H2,1H3,(H,31,34)(H,32,36)/t21-,24-/m1/s1. The monoisotopic (exact) mass is 506 g/mol. The second-order valence-electron chi connectivity index (χ2n) is 10.3. The number of nitrogens with zero attached hydrogens (tertiary/aromatic N) is 1. The van der Waals surface area contributed by atoms with E-state index in [1.807, 2.05) is 49.4 Å². The Hall–Kier alpha value is -3.39. The molecule has 0 saturated carbocycles. The van der Waals surface area contributed by atoms with Crippen LogP contribution in [0.4, 0.5) is 0 Å². The zero-order valence-corrected chi connectivity index (χ0v) is 21.6. The summed E-state index contributed by atoms with van der Waals surface area (Å²) in [6, 6.07) is 16.1. The van der Waals surface area contributed by atoms with Gasteiger partial charge in [0.05, 0.1) is 23.1 Å². The highest BCUT2D eigenvalue weighted by atomic mass is 16.5. The van der Waals surface area contributed by atoms with Gasteiger partial charge in [-0.2, -0.15) is 0 Å². The van der Waals surface area contributed by atoms with Crippen molar-refractivity contribution in [3.63, 3.8) is 0 Å². The van der Waals surface area contributed by atoms with Crippen LogP contribution in [0.3, 0.4) is 0 Å². The molecule has 8 heteroatoms. The average molecular weight is 507 g/mol. The van der Waals surface area contributed by atoms with Crippen LogP contribution in [0.2, 0.25) is 0 Å². The lowest BCUT2D eigenvalue weighted by Gasteiger charge is -2.42. The van der Waals surface area contributed by atoms with Crippen molar-refractivity contribution in [3.05, 3.63) is 65.7 Å². The minimum Gasteiger partial charge on any atom is -0.491 e. The van der Waals surface area contributed by atoms with E-state index in [4.69, 9.17) is 10.5 Å². The molecule has 8 nitrogen and oxygen atoms in total. The number of hydrogen-bond donors (Lipinski definition) is 3. The van der Waals surface area contributed by atoms with Crippen molar-refractivity contribution in [3.8, 4) is 5.75 Å². The lowest BCUT2D eigenvalue weighted by molar-refractivity contribution is -0.142. The largest absolute Gasteiger partial charge is 0.491 e. The Labute approximate surface area is 218 Å². The molecule has 1 fully saturated rings. The number of carbonyl (C=O) groups is 3. The Balaban J connectivity index is 1.40. The number of ether oxygens (including phenoxy) is 1. The smallest absolute Gasteiger partial charge is 0.255 e. The van der Waals surface area contributed by atoms with Gasteiger partial charge < -0.3 is 26.0 Å². The van der Waals surface area contributed by atoms with Gasteiger partial charge in [-0.05, 0) is 56.7 Å². The molecule has 2 aliphatic rings. The highest BCUT2D eigenvalue weighted by Crippen LogP contribution is 2.37. The van der Waals surface area contributed by atoms with Crippen LogP contribution < -0.4 is 21.1 Å². The molecule has 4 N–H and O–H groups in total. The Morgan fingerprint density at radius 1 is 1.05 bits per heavy atom. The zero-order valence-electron chi connectivity index (χ0n) is 21.6. The summed E-state index contributed by atoms with van der Waals surface area (Å²) in [7, 11) is 0. The molecular formula is C29H38N4O4. The van der Waals surface area contributed by atoms with Crippen LogP contribution in [0.1, 0.15) is 54.9 Å². The van der Waals surface area contributed by atoms with Gasteiger partial charge in [-0.3, -0.25) is 14.4 Å². The first-order chi connectivity index (χ1) is 17.9. The van der Waals surface area contributed by atoms with Crippen LogP contribution >= 0.6 is 0 Å². The maximum Gasteiger partial charge on any atom is 0.255 e. The number of para-hydroxylation sites is 1. The number of benzene rings is 2. The molecule has 4 rings (SSSR count). The number of piperidine rings is 1. The normalized spacial score (nSPS) is 21.6. The number of nitrogens with one attached hydrogen (secondary N) is 2. The highest BCUT2D eigenvalue weighted by Gasteiger charge is 2.42. The van der Waals surface area contributed by atoms with E-state index in [1.165, 1.54) is 0 Å². The fraction of sp³-hybridized carbons (Fsp3) is 0.483. The van der Waals surface area contributed by atoms with Crippen LogP contribution in [0.25, 0.3) is 0 Å². The molecule has 2 aromatic carbocycles. The number of rotatable bonds is 3. The Kier molecular flexibility index (Phi) is 8.82. The third kappa shape index (κ3) is 6.68. The number of amides is 3. The van der Waals surface area contributed by atoms with E-state index >= 15 is 0 Å². The maximum absolute atomic E-state index is 13.6. The van der Waals surface area contributed by atoms with Crippen molar-refractivity contribution in [2.45, 2.75) is 57.5 Å². The molecule has 0 bridgehead atoms. The highest BCUT2D eigenvalue weighted by molar-refractivity contribution is 5.96. The van der Waals surface area contributed by atoms with Crippen LogP contribution in [-0.2, 0) is 16.0 Å². The number of hydrogen-bond acceptors (Lipinski definition) is 5. The van der Waals surface area contributed by atoms with Gasteiger partial charge >= 0.3 is 0 Å². The number of fused-ring (bicyclic) bond motifs is 1. The van der Waals surface area contributed by atoms with Gasteiger partial charge in [0.15, 0.2) is 0 Å². The van der Waals surface area contributed by atoms with Gasteiger partial charge in [-0.15, -0.1) is 0 Å². The fourth-order valence-electron chi connectivity index (χ4n) is 5.23. The third-order valence-corrected chi connectivity index (χ3v) is 7.50. The van der Waals surface area contributed by atoms with Crippen molar-refractivity contribution in [2.24, 2.45) is 11.1 Å². The molecule has 2 atom stereocenters. The molecule has 0 unspecified atom stereocenters. The summed E-state index contributed by atoms with van der Waals surface area (Å²) in [4.78, 5) is 41.1. The number of nitrogens with two attached hydrogens (primary N) is 1. The van der Waals surface area contributed by atoms with E-state index in [1.54, 1.807) is 17.0 Å². The first kappa shape index (κ1) is 26.7. The van der Waals surface area contributed by atoms with Crippen molar-refractivity contribution in [1.29, 1.82) is 0 Å². The molecule has 3 amide bonds. The lowest BCUT2D eigenvalue weighted by Crippen LogP contribution is -2.55. The van der Waals surface area contributed by atoms with E-state index in [-0.39, 0.29) is 30.4 Å². The van der Waals surface area contributed by atoms with Gasteiger partial charge in [0, 0.05) is 19.6 Å². The molecule has 1 spiro atoms. The topological polar surface area (TPSA) is 114 Å². The molecule has 0 aliphatic carbocycles. The predicted molar refractivity (Wildman–Crippen MR) is 142 cm³/mol. The van der Waals surface area contributed by atoms with Crippen molar-refractivity contribution >= 4 is 17.7 Å². The van der Waals surface area contributed by atoms with Crippen LogP contribution in [0, 0.1) is 5.41 Å². The van der Waals surface area contributed by atoms with Crippen molar-refractivity contribution < 1.29 is 19.1 Å². The molecule has 0 radical (unpaired) electrons. The summed E-state index contributed by atoms with van der Waals surface area (Å²) >= 11 is 0. The molecular weight excluding hydrogens is 468 g/mol. The second kappa shape index (κ2) is 12.2. The molecule has 2 heterocycles. The van der Waals surface area contributed by atoms with Gasteiger partial charge in [-0.1, -0.05) is 48.9 Å². The Morgan fingerprint density at radius 2 is 1.76 bits per heavy atom. The average Bonchev–Trinajstić information content (AvgIpc) is 2.91. The SMILES string of the molecule is C[C@@H]1COc2ccccc2C(=O)NCCCCC2(CCN(C(=O)[C@H](N)Cc3ccccc3)CC2)C(=O)N1. The molecule has 1 saturated heterocycles. The van der Waals surface area contributed by atoms with E-state index in [9.17, 15) is 14.4 Å². The fourth-order valence-corrected chi connectivity index (χ4v) is 5.23. The Bertz CT molecular complexity index is 1080. The summed E-state index contributed by atoms with van der Waals surface area (Å²) in [5.74, 6) is 0.297. The molecule has 2 aromatic rings. The van der Waals surface area contributed by atoms with Gasteiger partial charge in [-0.25, -0.2) is 0 Å². The summed E-state index contributed by atoms with van der Waals surface area (Å²) in [5.41, 5.74) is 7.24. The number of carbonyl (C=O) groups excluding carboxylic acids is 3. The summed E-state index contributed by atoms with van der Waals surface area (Å²) in [5, 5.41) is 6.12. The van der Waals surface area contributed by atoms with E-state index in [2.05, 4.69) is 10.6 Å². The van der Waals surface area contributed by atoms with Crippen molar-refractivity contribution in [1.82, 2.24) is 15.5 Å². The quantitative estimate of drug-likeness (QED) is 0.592. The zero-order chi connectivity index (χ0) is 26.3. The van der Waals surface area contributed by atoms with E-state index in [0.717, 1.165) is 18.4 Å². The number of likely N-dealkylation sites (tertiary alicyclic amines) is 1. The van der Waals surface area contributed by atoms with Gasteiger partial charge in [0.2, 0.25) is 11.8 Å². The Morgan fingerprint density at radius 3 is 2.51 bits per heavy atom. The minimum absolute atomic E-state index is 0.0127. The van der Waals surface area contributed by atoms with E-state index in [0.29, 0.717) is 56.6 Å². The summed E-state index contributed by atoms with van der Waals surface area (Å²) in [6.07, 6.45) is 3.95. The summed E-state index contributed by atoms with van der Waals surface area (Å²) in [6.45, 7) is 3.69. The van der Waals surface area contributed by atoms with Gasteiger partial charge in [0.1, 0.15) is 12.4 Å². The molecule has 2 aliphatic heterocycles. The molecule has 198 valence electrons. The van der Waals surface area contributed by atoms with Crippen LogP contribution in [-0.4, -0.2) is 60.9 Å². The van der Waals surface area contributed by atoms with Crippen molar-refractivity contribution in [2.75, 3.05) is 26.2 Å². The van der Waals surface area contributed by atoms with Crippen LogP contribution in [0.5, 0.6) is 5.75 Å². The van der Waals surface area contributed by atoms with Crippen LogP contribution in [0.15, 0.2) is 54.6 Å². The second-order valence-corrected chi connectivity index (χ2v) is 10.3. The maximum atomic E-state index is 13.6. The van der Waals surface area contributed by atoms with Gasteiger partial charge in [0.25, 0.3) is 5.91 Å². The first-order valence-corrected chi connectivity index (χ1v) is 13.3. The third-order valence-electron chi connectivity index (χ3n) is 7.50. The van der Waals surface area contributed by atoms with E-state index < -0.39 is 11.5 Å². The summed E-state index contributed by atoms with van der Waals surface area (Å²) < 4.78 is 5.92. The molecule has 37 heavy (non-hydrogen) atoms. The lowest BCUT2D eigenvalue weighted by atomic mass is 9.73. The molecule has 0 aromatic heterocycles. The first-order valence-electron chi connectivity index (χ1n) is 13.3. The predicted octanol–water partition coefficient (Wildman–Crippen LogP) is 2.66. The minimum atomic E-state index is -0.599.